The summed E-state index contributed by atoms with van der Waals surface area (Å²) in [7, 11) is 0. The lowest BCUT2D eigenvalue weighted by molar-refractivity contribution is -0.118. The van der Waals surface area contributed by atoms with Crippen molar-refractivity contribution in [2.24, 2.45) is 0 Å². The first-order chi connectivity index (χ1) is 11.0. The maximum absolute atomic E-state index is 11.8. The molecule has 0 aliphatic rings. The number of aromatic nitrogens is 1. The van der Waals surface area contributed by atoms with Crippen molar-refractivity contribution in [3.63, 3.8) is 0 Å². The molecule has 0 aliphatic carbocycles. The van der Waals surface area contributed by atoms with Gasteiger partial charge in [0.25, 0.3) is 5.91 Å². The molecule has 0 bridgehead atoms. The summed E-state index contributed by atoms with van der Waals surface area (Å²) < 4.78 is 5.35. The predicted octanol–water partition coefficient (Wildman–Crippen LogP) is 2.96. The van der Waals surface area contributed by atoms with Gasteiger partial charge in [-0.25, -0.2) is 4.98 Å². The van der Waals surface area contributed by atoms with Gasteiger partial charge in [-0.15, -0.1) is 11.3 Å². The van der Waals surface area contributed by atoms with E-state index in [4.69, 9.17) is 4.74 Å². The van der Waals surface area contributed by atoms with Crippen LogP contribution in [0.5, 0.6) is 5.75 Å². The topological polar surface area (TPSA) is 85.4 Å². The van der Waals surface area contributed by atoms with Crippen molar-refractivity contribution in [1.82, 2.24) is 4.98 Å². The Hall–Kier alpha value is -2.54. The van der Waals surface area contributed by atoms with E-state index in [-0.39, 0.29) is 24.1 Å². The standard InChI is InChI=1S/C16H16N2O4S/c1-3-14(20)11-4-6-12(7-5-11)22-8-15(21)18-16-17-13(9-23-16)10(2)19/h4-7,9H,3,8H2,1-2H3,(H,17,18,21). The maximum atomic E-state index is 11.8. The molecular formula is C16H16N2O4S. The first-order valence-electron chi connectivity index (χ1n) is 7.02. The first-order valence-corrected chi connectivity index (χ1v) is 7.90. The van der Waals surface area contributed by atoms with Crippen LogP contribution in [0.1, 0.15) is 41.1 Å². The minimum atomic E-state index is -0.372. The molecule has 1 aromatic heterocycles. The highest BCUT2D eigenvalue weighted by Crippen LogP contribution is 2.16. The van der Waals surface area contributed by atoms with Crippen LogP contribution < -0.4 is 10.1 Å². The van der Waals surface area contributed by atoms with Crippen LogP contribution >= 0.6 is 11.3 Å². The van der Waals surface area contributed by atoms with E-state index in [9.17, 15) is 14.4 Å². The number of Topliss-reactive ketones (excluding diaryl/α,β-unsaturated/α-hetero) is 2. The lowest BCUT2D eigenvalue weighted by Crippen LogP contribution is -2.20. The summed E-state index contributed by atoms with van der Waals surface area (Å²) in [5.74, 6) is 0.0265. The van der Waals surface area contributed by atoms with Crippen LogP contribution in [-0.4, -0.2) is 29.1 Å². The molecule has 7 heteroatoms. The second-order valence-electron chi connectivity index (χ2n) is 4.73. The Kier molecular flexibility index (Phi) is 5.59. The van der Waals surface area contributed by atoms with Crippen molar-refractivity contribution in [1.29, 1.82) is 0 Å². The summed E-state index contributed by atoms with van der Waals surface area (Å²) in [5.41, 5.74) is 0.936. The zero-order valence-electron chi connectivity index (χ0n) is 12.8. The van der Waals surface area contributed by atoms with Crippen LogP contribution in [0.2, 0.25) is 0 Å². The molecule has 0 atom stereocenters. The van der Waals surface area contributed by atoms with Gasteiger partial charge in [-0.05, 0) is 24.3 Å². The van der Waals surface area contributed by atoms with E-state index < -0.39 is 0 Å². The van der Waals surface area contributed by atoms with Gasteiger partial charge in [-0.1, -0.05) is 6.92 Å². The van der Waals surface area contributed by atoms with Crippen molar-refractivity contribution < 1.29 is 19.1 Å². The summed E-state index contributed by atoms with van der Waals surface area (Å²) in [4.78, 5) is 38.4. The maximum Gasteiger partial charge on any atom is 0.264 e. The van der Waals surface area contributed by atoms with Crippen LogP contribution in [0, 0.1) is 0 Å². The van der Waals surface area contributed by atoms with Crippen LogP contribution in [0.3, 0.4) is 0 Å². The average Bonchev–Trinajstić information content (AvgIpc) is 3.01. The molecule has 1 heterocycles. The first kappa shape index (κ1) is 16.8. The van der Waals surface area contributed by atoms with Crippen molar-refractivity contribution >= 4 is 33.9 Å². The average molecular weight is 332 g/mol. The van der Waals surface area contributed by atoms with E-state index in [2.05, 4.69) is 10.3 Å². The predicted molar refractivity (Wildman–Crippen MR) is 87.3 cm³/mol. The number of nitrogens with zero attached hydrogens (tertiary/aromatic N) is 1. The summed E-state index contributed by atoms with van der Waals surface area (Å²) >= 11 is 1.18. The van der Waals surface area contributed by atoms with Crippen molar-refractivity contribution in [3.8, 4) is 5.75 Å². The second kappa shape index (κ2) is 7.64. The molecule has 2 rings (SSSR count). The van der Waals surface area contributed by atoms with Crippen molar-refractivity contribution in [2.75, 3.05) is 11.9 Å². The van der Waals surface area contributed by atoms with Gasteiger partial charge in [0, 0.05) is 24.3 Å². The number of ketones is 2. The third-order valence-electron chi connectivity index (χ3n) is 2.98. The lowest BCUT2D eigenvalue weighted by Gasteiger charge is -2.06. The largest absolute Gasteiger partial charge is 0.484 e. The Morgan fingerprint density at radius 1 is 1.22 bits per heavy atom. The monoisotopic (exact) mass is 332 g/mol. The molecule has 0 fully saturated rings. The number of hydrogen-bond acceptors (Lipinski definition) is 6. The molecule has 0 aliphatic heterocycles. The number of ether oxygens (including phenoxy) is 1. The Labute approximate surface area is 137 Å². The van der Waals surface area contributed by atoms with Crippen molar-refractivity contribution in [3.05, 3.63) is 40.9 Å². The van der Waals surface area contributed by atoms with Gasteiger partial charge in [-0.2, -0.15) is 0 Å². The van der Waals surface area contributed by atoms with E-state index in [1.165, 1.54) is 18.3 Å². The number of carbonyl (C=O) groups excluding carboxylic acids is 3. The summed E-state index contributed by atoms with van der Waals surface area (Å²) in [6.45, 7) is 3.03. The number of carbonyl (C=O) groups is 3. The van der Waals surface area contributed by atoms with Crippen molar-refractivity contribution in [2.45, 2.75) is 20.3 Å². The molecule has 1 N–H and O–H groups in total. The molecule has 120 valence electrons. The third-order valence-corrected chi connectivity index (χ3v) is 3.74. The zero-order valence-corrected chi connectivity index (χ0v) is 13.6. The Morgan fingerprint density at radius 2 is 1.91 bits per heavy atom. The quantitative estimate of drug-likeness (QED) is 0.788. The number of hydrogen-bond donors (Lipinski definition) is 1. The Morgan fingerprint density at radius 3 is 2.48 bits per heavy atom. The second-order valence-corrected chi connectivity index (χ2v) is 5.59. The van der Waals surface area contributed by atoms with E-state index in [0.29, 0.717) is 28.6 Å². The lowest BCUT2D eigenvalue weighted by atomic mass is 10.1. The Balaban J connectivity index is 1.86. The van der Waals surface area contributed by atoms with E-state index >= 15 is 0 Å². The summed E-state index contributed by atoms with van der Waals surface area (Å²) in [6.07, 6.45) is 0.443. The molecule has 6 nitrogen and oxygen atoms in total. The number of nitrogens with one attached hydrogen (secondary N) is 1. The fourth-order valence-corrected chi connectivity index (χ4v) is 2.50. The van der Waals surface area contributed by atoms with Crippen LogP contribution in [0.15, 0.2) is 29.6 Å². The third kappa shape index (κ3) is 4.72. The number of rotatable bonds is 7. The normalized spacial score (nSPS) is 10.2. The molecule has 1 amide bonds. The SMILES string of the molecule is CCC(=O)c1ccc(OCC(=O)Nc2nc(C(C)=O)cs2)cc1. The number of amides is 1. The van der Waals surface area contributed by atoms with Gasteiger partial charge in [0.05, 0.1) is 0 Å². The molecule has 0 radical (unpaired) electrons. The highest BCUT2D eigenvalue weighted by Gasteiger charge is 2.10. The van der Waals surface area contributed by atoms with Gasteiger partial charge in [0.2, 0.25) is 0 Å². The fraction of sp³-hybridized carbons (Fsp3) is 0.250. The molecule has 23 heavy (non-hydrogen) atoms. The molecular weight excluding hydrogens is 316 g/mol. The van der Waals surface area contributed by atoms with Crippen LogP contribution in [-0.2, 0) is 4.79 Å². The van der Waals surface area contributed by atoms with Gasteiger partial charge in [-0.3, -0.25) is 19.7 Å². The fourth-order valence-electron chi connectivity index (χ4n) is 1.74. The highest BCUT2D eigenvalue weighted by atomic mass is 32.1. The molecule has 0 unspecified atom stereocenters. The minimum Gasteiger partial charge on any atom is -0.484 e. The van der Waals surface area contributed by atoms with Crippen LogP contribution in [0.25, 0.3) is 0 Å². The van der Waals surface area contributed by atoms with Crippen LogP contribution in [0.4, 0.5) is 5.13 Å². The molecule has 0 spiro atoms. The number of thiazole rings is 1. The zero-order chi connectivity index (χ0) is 16.8. The van der Waals surface area contributed by atoms with Gasteiger partial charge in [0.15, 0.2) is 23.3 Å². The van der Waals surface area contributed by atoms with Gasteiger partial charge < -0.3 is 4.74 Å². The summed E-state index contributed by atoms with van der Waals surface area (Å²) in [5, 5.41) is 4.50. The minimum absolute atomic E-state index is 0.0549. The van der Waals surface area contributed by atoms with E-state index in [1.54, 1.807) is 36.6 Å². The van der Waals surface area contributed by atoms with Gasteiger partial charge >= 0.3 is 0 Å². The molecule has 1 aromatic carbocycles. The van der Waals surface area contributed by atoms with E-state index in [1.807, 2.05) is 0 Å². The van der Waals surface area contributed by atoms with Gasteiger partial charge in [0.1, 0.15) is 11.4 Å². The summed E-state index contributed by atoms with van der Waals surface area (Å²) in [6, 6.07) is 6.62. The highest BCUT2D eigenvalue weighted by molar-refractivity contribution is 7.14. The number of anilines is 1. The smallest absolute Gasteiger partial charge is 0.264 e. The number of benzene rings is 1. The Bertz CT molecular complexity index is 722. The molecule has 0 saturated heterocycles. The molecule has 2 aromatic rings. The molecule has 0 saturated carbocycles. The van der Waals surface area contributed by atoms with E-state index in [0.717, 1.165) is 0 Å².